The van der Waals surface area contributed by atoms with Crippen LogP contribution >= 0.6 is 0 Å². The number of likely N-dealkylation sites (tertiary alicyclic amines) is 1. The summed E-state index contributed by atoms with van der Waals surface area (Å²) in [5.41, 5.74) is 0. The maximum absolute atomic E-state index is 12.0. The van der Waals surface area contributed by atoms with E-state index in [1.165, 1.54) is 4.90 Å². The lowest BCUT2D eigenvalue weighted by molar-refractivity contribution is -0.140. The Bertz CT molecular complexity index is 279. The predicted molar refractivity (Wildman–Crippen MR) is 60.6 cm³/mol. The van der Waals surface area contributed by atoms with Gasteiger partial charge in [0.2, 0.25) is 11.8 Å². The number of nitrogens with one attached hydrogen (secondary N) is 1. The number of carbonyl (C=O) groups excluding carboxylic acids is 2. The van der Waals surface area contributed by atoms with E-state index in [0.29, 0.717) is 19.0 Å². The third-order valence-electron chi connectivity index (χ3n) is 3.73. The molecule has 0 aromatic carbocycles. The summed E-state index contributed by atoms with van der Waals surface area (Å²) < 4.78 is 0. The highest BCUT2D eigenvalue weighted by Crippen LogP contribution is 2.42. The van der Waals surface area contributed by atoms with Gasteiger partial charge in [0.25, 0.3) is 0 Å². The van der Waals surface area contributed by atoms with Crippen LogP contribution in [0.3, 0.4) is 0 Å². The average molecular weight is 224 g/mol. The molecule has 1 aliphatic heterocycles. The zero-order valence-corrected chi connectivity index (χ0v) is 10.0. The fourth-order valence-electron chi connectivity index (χ4n) is 2.93. The van der Waals surface area contributed by atoms with E-state index in [4.69, 9.17) is 0 Å². The van der Waals surface area contributed by atoms with Crippen molar-refractivity contribution >= 4 is 11.8 Å². The van der Waals surface area contributed by atoms with Crippen LogP contribution in [-0.4, -0.2) is 36.3 Å². The van der Waals surface area contributed by atoms with E-state index in [1.54, 1.807) is 0 Å². The number of carbonyl (C=O) groups is 2. The summed E-state index contributed by atoms with van der Waals surface area (Å²) in [4.78, 5) is 25.5. The second kappa shape index (κ2) is 4.53. The molecule has 2 unspecified atom stereocenters. The Hall–Kier alpha value is -0.900. The minimum atomic E-state index is -0.0101. The third-order valence-corrected chi connectivity index (χ3v) is 3.73. The summed E-state index contributed by atoms with van der Waals surface area (Å²) in [6.07, 6.45) is 1.79. The van der Waals surface area contributed by atoms with Crippen LogP contribution in [0.1, 0.15) is 26.7 Å². The number of hydrogen-bond donors (Lipinski definition) is 1. The standard InChI is InChI=1S/C12H20N2O2/c1-3-13-4-5-14-11(15)9-6-8(2)7-10(9)12(14)16/h8-10,13H,3-7H2,1-2H3. The Morgan fingerprint density at radius 1 is 1.25 bits per heavy atom. The molecule has 1 saturated heterocycles. The highest BCUT2D eigenvalue weighted by molar-refractivity contribution is 6.05. The Morgan fingerprint density at radius 2 is 1.81 bits per heavy atom. The van der Waals surface area contributed by atoms with Crippen LogP contribution in [0, 0.1) is 17.8 Å². The summed E-state index contributed by atoms with van der Waals surface area (Å²) in [5.74, 6) is 0.640. The molecule has 2 aliphatic rings. The molecule has 2 fully saturated rings. The molecule has 4 nitrogen and oxygen atoms in total. The van der Waals surface area contributed by atoms with Gasteiger partial charge in [-0.3, -0.25) is 14.5 Å². The van der Waals surface area contributed by atoms with Crippen LogP contribution in [0.4, 0.5) is 0 Å². The lowest BCUT2D eigenvalue weighted by Gasteiger charge is -2.16. The first kappa shape index (κ1) is 11.6. The van der Waals surface area contributed by atoms with Crippen molar-refractivity contribution in [1.82, 2.24) is 10.2 Å². The first-order valence-electron chi connectivity index (χ1n) is 6.21. The first-order valence-corrected chi connectivity index (χ1v) is 6.21. The Morgan fingerprint density at radius 3 is 2.31 bits per heavy atom. The van der Waals surface area contributed by atoms with Crippen molar-refractivity contribution < 1.29 is 9.59 Å². The summed E-state index contributed by atoms with van der Waals surface area (Å²) in [5, 5.41) is 3.14. The van der Waals surface area contributed by atoms with Crippen molar-refractivity contribution in [2.75, 3.05) is 19.6 Å². The van der Waals surface area contributed by atoms with Gasteiger partial charge < -0.3 is 5.32 Å². The minimum absolute atomic E-state index is 0.0101. The molecule has 0 radical (unpaired) electrons. The Labute approximate surface area is 96.4 Å². The fraction of sp³-hybridized carbons (Fsp3) is 0.833. The van der Waals surface area contributed by atoms with Gasteiger partial charge in [-0.25, -0.2) is 0 Å². The molecule has 90 valence electrons. The molecule has 0 spiro atoms. The van der Waals surface area contributed by atoms with Crippen LogP contribution in [0.5, 0.6) is 0 Å². The van der Waals surface area contributed by atoms with Crippen LogP contribution in [0.15, 0.2) is 0 Å². The van der Waals surface area contributed by atoms with Crippen LogP contribution in [0.2, 0.25) is 0 Å². The normalized spacial score (nSPS) is 33.6. The number of hydrogen-bond acceptors (Lipinski definition) is 3. The molecular weight excluding hydrogens is 204 g/mol. The van der Waals surface area contributed by atoms with Crippen LogP contribution < -0.4 is 5.32 Å². The number of amides is 2. The summed E-state index contributed by atoms with van der Waals surface area (Å²) in [7, 11) is 0. The van der Waals surface area contributed by atoms with E-state index in [1.807, 2.05) is 6.92 Å². The average Bonchev–Trinajstić information content (AvgIpc) is 2.72. The van der Waals surface area contributed by atoms with Crippen LogP contribution in [0.25, 0.3) is 0 Å². The van der Waals surface area contributed by atoms with E-state index < -0.39 is 0 Å². The van der Waals surface area contributed by atoms with Gasteiger partial charge in [0.05, 0.1) is 11.8 Å². The SMILES string of the molecule is CCNCCN1C(=O)C2CC(C)CC2C1=O. The number of likely N-dealkylation sites (N-methyl/N-ethyl adjacent to an activating group) is 1. The molecule has 0 aromatic heterocycles. The highest BCUT2D eigenvalue weighted by atomic mass is 16.2. The molecule has 4 heteroatoms. The van der Waals surface area contributed by atoms with E-state index >= 15 is 0 Å². The van der Waals surface area contributed by atoms with Crippen LogP contribution in [-0.2, 0) is 9.59 Å². The minimum Gasteiger partial charge on any atom is -0.315 e. The molecular formula is C12H20N2O2. The van der Waals surface area contributed by atoms with Crippen molar-refractivity contribution in [1.29, 1.82) is 0 Å². The van der Waals surface area contributed by atoms with Crippen molar-refractivity contribution in [3.8, 4) is 0 Å². The van der Waals surface area contributed by atoms with Crippen molar-refractivity contribution in [2.45, 2.75) is 26.7 Å². The maximum Gasteiger partial charge on any atom is 0.233 e. The largest absolute Gasteiger partial charge is 0.315 e. The lowest BCUT2D eigenvalue weighted by atomic mass is 10.00. The fourth-order valence-corrected chi connectivity index (χ4v) is 2.93. The van der Waals surface area contributed by atoms with Gasteiger partial charge in [-0.1, -0.05) is 13.8 Å². The second-order valence-corrected chi connectivity index (χ2v) is 4.97. The quantitative estimate of drug-likeness (QED) is 0.563. The van der Waals surface area contributed by atoms with Gasteiger partial charge in [0, 0.05) is 13.1 Å². The molecule has 1 saturated carbocycles. The smallest absolute Gasteiger partial charge is 0.233 e. The van der Waals surface area contributed by atoms with Crippen molar-refractivity contribution in [2.24, 2.45) is 17.8 Å². The summed E-state index contributed by atoms with van der Waals surface area (Å²) in [6.45, 7) is 6.27. The number of nitrogens with zero attached hydrogens (tertiary/aromatic N) is 1. The molecule has 0 aromatic rings. The van der Waals surface area contributed by atoms with E-state index in [0.717, 1.165) is 19.4 Å². The van der Waals surface area contributed by atoms with Gasteiger partial charge >= 0.3 is 0 Å². The summed E-state index contributed by atoms with van der Waals surface area (Å²) >= 11 is 0. The molecule has 1 N–H and O–H groups in total. The van der Waals surface area contributed by atoms with Gasteiger partial charge in [0.1, 0.15) is 0 Å². The van der Waals surface area contributed by atoms with Crippen molar-refractivity contribution in [3.63, 3.8) is 0 Å². The van der Waals surface area contributed by atoms with E-state index in [2.05, 4.69) is 12.2 Å². The molecule has 1 aliphatic carbocycles. The molecule has 2 rings (SSSR count). The molecule has 16 heavy (non-hydrogen) atoms. The third kappa shape index (κ3) is 1.86. The topological polar surface area (TPSA) is 49.4 Å². The predicted octanol–water partition coefficient (Wildman–Crippen LogP) is 0.627. The van der Waals surface area contributed by atoms with E-state index in [-0.39, 0.29) is 23.7 Å². The zero-order chi connectivity index (χ0) is 11.7. The van der Waals surface area contributed by atoms with E-state index in [9.17, 15) is 9.59 Å². The number of rotatable bonds is 4. The number of imide groups is 1. The zero-order valence-electron chi connectivity index (χ0n) is 10.0. The van der Waals surface area contributed by atoms with Gasteiger partial charge in [-0.15, -0.1) is 0 Å². The maximum atomic E-state index is 12.0. The second-order valence-electron chi connectivity index (χ2n) is 4.97. The highest BCUT2D eigenvalue weighted by Gasteiger charge is 2.51. The molecule has 1 heterocycles. The van der Waals surface area contributed by atoms with Gasteiger partial charge in [-0.05, 0) is 25.3 Å². The summed E-state index contributed by atoms with van der Waals surface area (Å²) in [6, 6.07) is 0. The number of fused-ring (bicyclic) bond motifs is 1. The first-order chi connectivity index (χ1) is 7.65. The molecule has 0 bridgehead atoms. The monoisotopic (exact) mass is 224 g/mol. The Balaban J connectivity index is 1.97. The molecule has 2 amide bonds. The Kier molecular flexibility index (Phi) is 3.28. The lowest BCUT2D eigenvalue weighted by Crippen LogP contribution is -2.37. The van der Waals surface area contributed by atoms with Gasteiger partial charge in [0.15, 0.2) is 0 Å². The van der Waals surface area contributed by atoms with Gasteiger partial charge in [-0.2, -0.15) is 0 Å². The molecule has 2 atom stereocenters. The van der Waals surface area contributed by atoms with Crippen molar-refractivity contribution in [3.05, 3.63) is 0 Å².